The highest BCUT2D eigenvalue weighted by Gasteiger charge is 2.28. The standard InChI is InChI=1S/C49H82NO10P/c1-3-5-7-9-11-13-15-17-19-20-21-22-23-24-25-26-27-29-31-33-35-37-39-41-48(53)58-42-45(51)43-59-61(56,57)60-44-46(49(54)55)50-47(52)40-38-36-34-32-30-28-18-16-14-12-10-8-6-4-2/h5,7,11,13,16-19,21-22,24-25,27,29,45-46,51H,3-4,6,8-10,12,14-15,20,23,26,28,30-44H2,1-2H3,(H,50,52)(H,54,55)(H,56,57)/b7-5-,13-11-,18-16-,19-17-,22-21-,25-24-,29-27-. The molecule has 4 N–H and O–H groups in total. The second-order valence-electron chi connectivity index (χ2n) is 15.2. The van der Waals surface area contributed by atoms with Crippen LogP contribution in [0.5, 0.6) is 0 Å². The molecule has 0 fully saturated rings. The van der Waals surface area contributed by atoms with Gasteiger partial charge in [-0.05, 0) is 89.9 Å². The molecule has 0 aromatic rings. The summed E-state index contributed by atoms with van der Waals surface area (Å²) in [5.74, 6) is -2.42. The van der Waals surface area contributed by atoms with Crippen molar-refractivity contribution in [2.24, 2.45) is 0 Å². The number of hydrogen-bond donors (Lipinski definition) is 4. The third kappa shape index (κ3) is 43.1. The molecule has 0 spiro atoms. The molecular weight excluding hydrogens is 794 g/mol. The monoisotopic (exact) mass is 876 g/mol. The highest BCUT2D eigenvalue weighted by molar-refractivity contribution is 7.47. The predicted molar refractivity (Wildman–Crippen MR) is 249 cm³/mol. The molecule has 0 aromatic carbocycles. The van der Waals surface area contributed by atoms with Gasteiger partial charge in [0.1, 0.15) is 12.7 Å². The summed E-state index contributed by atoms with van der Waals surface area (Å²) in [4.78, 5) is 45.9. The maximum Gasteiger partial charge on any atom is 0.472 e. The van der Waals surface area contributed by atoms with E-state index in [1.165, 1.54) is 32.1 Å². The van der Waals surface area contributed by atoms with Gasteiger partial charge in [0.15, 0.2) is 6.04 Å². The molecule has 0 heterocycles. The second kappa shape index (κ2) is 43.3. The number of ether oxygens (including phenoxy) is 1. The Bertz CT molecular complexity index is 1350. The molecule has 0 aliphatic carbocycles. The number of phosphoric ester groups is 1. The molecule has 348 valence electrons. The lowest BCUT2D eigenvalue weighted by atomic mass is 10.1. The third-order valence-corrected chi connectivity index (χ3v) is 10.4. The quantitative estimate of drug-likeness (QED) is 0.0200. The first-order chi connectivity index (χ1) is 29.6. The Hall–Kier alpha value is -3.34. The van der Waals surface area contributed by atoms with E-state index in [1.807, 2.05) is 0 Å². The van der Waals surface area contributed by atoms with Crippen molar-refractivity contribution >= 4 is 25.7 Å². The van der Waals surface area contributed by atoms with Gasteiger partial charge in [-0.2, -0.15) is 0 Å². The average molecular weight is 876 g/mol. The number of allylic oxidation sites excluding steroid dienone is 14. The number of carbonyl (C=O) groups is 3. The fourth-order valence-electron chi connectivity index (χ4n) is 5.84. The molecule has 3 atom stereocenters. The van der Waals surface area contributed by atoms with E-state index in [-0.39, 0.29) is 12.8 Å². The molecule has 0 aliphatic rings. The van der Waals surface area contributed by atoms with Crippen LogP contribution < -0.4 is 5.32 Å². The van der Waals surface area contributed by atoms with Gasteiger partial charge in [-0.25, -0.2) is 9.36 Å². The van der Waals surface area contributed by atoms with Gasteiger partial charge in [-0.15, -0.1) is 0 Å². The molecule has 0 saturated heterocycles. The molecule has 3 unspecified atom stereocenters. The van der Waals surface area contributed by atoms with Crippen LogP contribution in [-0.4, -0.2) is 64.9 Å². The number of aliphatic carboxylic acids is 1. The molecule has 0 radical (unpaired) electrons. The van der Waals surface area contributed by atoms with Crippen LogP contribution >= 0.6 is 7.82 Å². The minimum atomic E-state index is -4.77. The van der Waals surface area contributed by atoms with Gasteiger partial charge >= 0.3 is 19.8 Å². The lowest BCUT2D eigenvalue weighted by Crippen LogP contribution is -2.43. The van der Waals surface area contributed by atoms with Gasteiger partial charge in [-0.3, -0.25) is 18.6 Å². The molecule has 61 heavy (non-hydrogen) atoms. The molecular formula is C49H82NO10P. The Balaban J connectivity index is 3.94. The van der Waals surface area contributed by atoms with Crippen molar-refractivity contribution in [2.75, 3.05) is 19.8 Å². The number of rotatable bonds is 42. The van der Waals surface area contributed by atoms with E-state index < -0.39 is 57.6 Å². The number of aliphatic hydroxyl groups is 1. The van der Waals surface area contributed by atoms with Crippen molar-refractivity contribution in [1.82, 2.24) is 5.32 Å². The second-order valence-corrected chi connectivity index (χ2v) is 16.7. The lowest BCUT2D eigenvalue weighted by molar-refractivity contribution is -0.147. The summed E-state index contributed by atoms with van der Waals surface area (Å²) in [5.41, 5.74) is 0. The van der Waals surface area contributed by atoms with E-state index in [0.717, 1.165) is 103 Å². The fourth-order valence-corrected chi connectivity index (χ4v) is 6.61. The van der Waals surface area contributed by atoms with Crippen LogP contribution in [0.25, 0.3) is 0 Å². The molecule has 11 nitrogen and oxygen atoms in total. The number of nitrogens with one attached hydrogen (secondary N) is 1. The van der Waals surface area contributed by atoms with Crippen LogP contribution in [0.3, 0.4) is 0 Å². The molecule has 0 aliphatic heterocycles. The number of aliphatic hydroxyl groups excluding tert-OH is 1. The van der Waals surface area contributed by atoms with Crippen molar-refractivity contribution in [1.29, 1.82) is 0 Å². The highest BCUT2D eigenvalue weighted by Crippen LogP contribution is 2.43. The molecule has 1 amide bonds. The molecule has 0 saturated carbocycles. The van der Waals surface area contributed by atoms with Gasteiger partial charge in [0.25, 0.3) is 0 Å². The number of unbranched alkanes of at least 4 members (excludes halogenated alkanes) is 14. The van der Waals surface area contributed by atoms with Crippen molar-refractivity contribution in [2.45, 2.75) is 187 Å². The Labute approximate surface area is 369 Å². The van der Waals surface area contributed by atoms with Crippen LogP contribution in [-0.2, 0) is 32.7 Å². The Kier molecular flexibility index (Phi) is 40.9. The Morgan fingerprint density at radius 3 is 1.44 bits per heavy atom. The normalized spacial score (nSPS) is 14.4. The van der Waals surface area contributed by atoms with E-state index in [9.17, 15) is 34.1 Å². The largest absolute Gasteiger partial charge is 0.480 e. The Morgan fingerprint density at radius 1 is 0.541 bits per heavy atom. The molecule has 0 bridgehead atoms. The first-order valence-corrected chi connectivity index (χ1v) is 24.6. The summed E-state index contributed by atoms with van der Waals surface area (Å²) in [7, 11) is -4.77. The first kappa shape index (κ1) is 57.7. The van der Waals surface area contributed by atoms with Gasteiger partial charge in [-0.1, -0.05) is 157 Å². The average Bonchev–Trinajstić information content (AvgIpc) is 3.24. The zero-order chi connectivity index (χ0) is 44.9. The van der Waals surface area contributed by atoms with Crippen molar-refractivity contribution in [3.05, 3.63) is 85.1 Å². The summed E-state index contributed by atoms with van der Waals surface area (Å²) >= 11 is 0. The summed E-state index contributed by atoms with van der Waals surface area (Å²) in [6.07, 6.45) is 53.2. The fraction of sp³-hybridized carbons (Fsp3) is 0.653. The zero-order valence-corrected chi connectivity index (χ0v) is 38.6. The van der Waals surface area contributed by atoms with E-state index in [2.05, 4.69) is 104 Å². The number of carboxylic acids is 1. The van der Waals surface area contributed by atoms with Crippen LogP contribution in [0.4, 0.5) is 0 Å². The van der Waals surface area contributed by atoms with Crippen LogP contribution in [0, 0.1) is 0 Å². The topological polar surface area (TPSA) is 169 Å². The third-order valence-electron chi connectivity index (χ3n) is 9.42. The maximum absolute atomic E-state index is 12.3. The SMILES string of the molecule is CC/C=C\C/C=C\C/C=C\C/C=C\C/C=C\C/C=C\CCCCCCC(=O)OCC(O)COP(=O)(O)OCC(NC(=O)CCCCCCC/C=C\CCCCCCC)C(=O)O. The maximum atomic E-state index is 12.3. The Morgan fingerprint density at radius 2 is 0.951 bits per heavy atom. The number of hydrogen-bond acceptors (Lipinski definition) is 8. The minimum Gasteiger partial charge on any atom is -0.480 e. The highest BCUT2D eigenvalue weighted by atomic mass is 31.2. The van der Waals surface area contributed by atoms with E-state index in [1.54, 1.807) is 0 Å². The minimum absolute atomic E-state index is 0.130. The summed E-state index contributed by atoms with van der Waals surface area (Å²) in [5, 5.41) is 21.8. The number of carboxylic acid groups (broad SMARTS) is 1. The number of esters is 1. The van der Waals surface area contributed by atoms with Crippen LogP contribution in [0.2, 0.25) is 0 Å². The van der Waals surface area contributed by atoms with Gasteiger partial charge in [0, 0.05) is 12.8 Å². The summed E-state index contributed by atoms with van der Waals surface area (Å²) in [6, 6.07) is -1.56. The first-order valence-electron chi connectivity index (χ1n) is 23.1. The van der Waals surface area contributed by atoms with Crippen molar-refractivity contribution < 1.29 is 47.8 Å². The van der Waals surface area contributed by atoms with E-state index >= 15 is 0 Å². The molecule has 0 aromatic heterocycles. The van der Waals surface area contributed by atoms with E-state index in [4.69, 9.17) is 13.8 Å². The number of amides is 1. The number of phosphoric acid groups is 1. The predicted octanol–water partition coefficient (Wildman–Crippen LogP) is 12.3. The van der Waals surface area contributed by atoms with Crippen LogP contribution in [0.15, 0.2) is 85.1 Å². The van der Waals surface area contributed by atoms with Crippen molar-refractivity contribution in [3.63, 3.8) is 0 Å². The molecule has 0 rings (SSSR count). The van der Waals surface area contributed by atoms with Gasteiger partial charge in [0.05, 0.1) is 13.2 Å². The van der Waals surface area contributed by atoms with Crippen LogP contribution in [0.1, 0.15) is 174 Å². The smallest absolute Gasteiger partial charge is 0.472 e. The zero-order valence-electron chi connectivity index (χ0n) is 37.7. The van der Waals surface area contributed by atoms with Gasteiger partial charge < -0.3 is 25.2 Å². The van der Waals surface area contributed by atoms with E-state index in [0.29, 0.717) is 12.8 Å². The number of carbonyl (C=O) groups excluding carboxylic acids is 2. The molecule has 12 heteroatoms. The summed E-state index contributed by atoms with van der Waals surface area (Å²) < 4.78 is 26.8. The van der Waals surface area contributed by atoms with Crippen molar-refractivity contribution in [3.8, 4) is 0 Å². The summed E-state index contributed by atoms with van der Waals surface area (Å²) in [6.45, 7) is 2.42. The lowest BCUT2D eigenvalue weighted by Gasteiger charge is -2.18. The van der Waals surface area contributed by atoms with Gasteiger partial charge in [0.2, 0.25) is 5.91 Å².